The third-order valence-corrected chi connectivity index (χ3v) is 5.14. The fourth-order valence-electron chi connectivity index (χ4n) is 4.10. The van der Waals surface area contributed by atoms with Crippen molar-refractivity contribution in [2.45, 2.75) is 44.3 Å². The number of rotatable bonds is 1. The van der Waals surface area contributed by atoms with Crippen molar-refractivity contribution in [3.05, 3.63) is 65.2 Å². The van der Waals surface area contributed by atoms with E-state index in [1.165, 1.54) is 35.2 Å². The molecule has 2 aromatic carbocycles. The van der Waals surface area contributed by atoms with Gasteiger partial charge in [0.1, 0.15) is 0 Å². The Hall–Kier alpha value is -1.80. The summed E-state index contributed by atoms with van der Waals surface area (Å²) in [5.74, 6) is 0. The van der Waals surface area contributed by atoms with Gasteiger partial charge in [0.15, 0.2) is 0 Å². The van der Waals surface area contributed by atoms with E-state index in [1.807, 2.05) is 0 Å². The zero-order chi connectivity index (χ0) is 14.4. The number of nitrogens with zero attached hydrogens (tertiary/aromatic N) is 1. The molecule has 0 amide bonds. The van der Waals surface area contributed by atoms with Crippen molar-refractivity contribution in [1.82, 2.24) is 0 Å². The maximum atomic E-state index is 6.38. The minimum Gasteiger partial charge on any atom is -0.361 e. The summed E-state index contributed by atoms with van der Waals surface area (Å²) in [7, 11) is 0. The van der Waals surface area contributed by atoms with E-state index in [1.54, 1.807) is 0 Å². The second-order valence-corrected chi connectivity index (χ2v) is 6.41. The fourth-order valence-corrected chi connectivity index (χ4v) is 4.10. The number of benzene rings is 2. The van der Waals surface area contributed by atoms with Crippen LogP contribution in [0.3, 0.4) is 0 Å². The van der Waals surface area contributed by atoms with E-state index in [-0.39, 0.29) is 6.04 Å². The summed E-state index contributed by atoms with van der Waals surface area (Å²) >= 11 is 0. The molecule has 2 heteroatoms. The number of anilines is 1. The van der Waals surface area contributed by atoms with Crippen molar-refractivity contribution in [2.24, 2.45) is 5.73 Å². The summed E-state index contributed by atoms with van der Waals surface area (Å²) in [6, 6.07) is 18.7. The highest BCUT2D eigenvalue weighted by atomic mass is 15.2. The molecule has 0 fully saturated rings. The normalized spacial score (nSPS) is 27.3. The van der Waals surface area contributed by atoms with Crippen LogP contribution in [0.5, 0.6) is 0 Å². The topological polar surface area (TPSA) is 29.3 Å². The number of aryl methyl sites for hydroxylation is 1. The first kappa shape index (κ1) is 12.9. The molecular weight excluding hydrogens is 256 g/mol. The molecule has 2 nitrogen and oxygen atoms in total. The third-order valence-electron chi connectivity index (χ3n) is 5.14. The lowest BCUT2D eigenvalue weighted by molar-refractivity contribution is 0.474. The van der Waals surface area contributed by atoms with Crippen LogP contribution in [0.1, 0.15) is 48.5 Å². The monoisotopic (exact) mass is 278 g/mol. The summed E-state index contributed by atoms with van der Waals surface area (Å²) < 4.78 is 0. The first-order valence-corrected chi connectivity index (χ1v) is 7.96. The number of hydrogen-bond donors (Lipinski definition) is 1. The number of fused-ring (bicyclic) bond motifs is 2. The zero-order valence-electron chi connectivity index (χ0n) is 12.5. The van der Waals surface area contributed by atoms with Gasteiger partial charge in [-0.25, -0.2) is 0 Å². The van der Waals surface area contributed by atoms with Gasteiger partial charge in [-0.2, -0.15) is 0 Å². The predicted octanol–water partition coefficient (Wildman–Crippen LogP) is 3.97. The summed E-state index contributed by atoms with van der Waals surface area (Å²) in [4.78, 5) is 2.62. The van der Waals surface area contributed by atoms with E-state index < -0.39 is 0 Å². The van der Waals surface area contributed by atoms with E-state index in [9.17, 15) is 0 Å². The van der Waals surface area contributed by atoms with Gasteiger partial charge in [0, 0.05) is 17.8 Å². The van der Waals surface area contributed by atoms with Gasteiger partial charge in [0.2, 0.25) is 0 Å². The summed E-state index contributed by atoms with van der Waals surface area (Å²) in [6.07, 6.45) is 3.44. The molecule has 108 valence electrons. The molecule has 2 aliphatic rings. The molecule has 2 N–H and O–H groups in total. The molecule has 0 bridgehead atoms. The molecular formula is C19H22N2. The van der Waals surface area contributed by atoms with Crippen LogP contribution in [-0.4, -0.2) is 6.04 Å². The standard InChI is InChI=1S/C19H22N2/c1-13-10-11-14-6-2-5-9-18(14)21(13)19-12-17(20)15-7-3-4-8-16(15)19/h2-9,13,17,19H,10-12,20H2,1H3. The van der Waals surface area contributed by atoms with Crippen LogP contribution in [0.15, 0.2) is 48.5 Å². The predicted molar refractivity (Wildman–Crippen MR) is 87.4 cm³/mol. The van der Waals surface area contributed by atoms with Crippen molar-refractivity contribution < 1.29 is 0 Å². The molecule has 3 unspecified atom stereocenters. The summed E-state index contributed by atoms with van der Waals surface area (Å²) in [5.41, 5.74) is 12.0. The average molecular weight is 278 g/mol. The van der Waals surface area contributed by atoms with Crippen LogP contribution >= 0.6 is 0 Å². The molecule has 1 aliphatic heterocycles. The SMILES string of the molecule is CC1CCc2ccccc2N1C1CC(N)c2ccccc21. The number of hydrogen-bond acceptors (Lipinski definition) is 2. The van der Waals surface area contributed by atoms with Crippen LogP contribution in [0, 0.1) is 0 Å². The van der Waals surface area contributed by atoms with Gasteiger partial charge in [-0.1, -0.05) is 42.5 Å². The van der Waals surface area contributed by atoms with Crippen LogP contribution in [0.25, 0.3) is 0 Å². The van der Waals surface area contributed by atoms with Gasteiger partial charge in [0.05, 0.1) is 6.04 Å². The average Bonchev–Trinajstić information content (AvgIpc) is 2.85. The second-order valence-electron chi connectivity index (χ2n) is 6.41. The molecule has 3 atom stereocenters. The van der Waals surface area contributed by atoms with Crippen LogP contribution in [0.2, 0.25) is 0 Å². The number of nitrogens with two attached hydrogens (primary N) is 1. The molecule has 1 heterocycles. The summed E-state index contributed by atoms with van der Waals surface area (Å²) in [5, 5.41) is 0. The van der Waals surface area contributed by atoms with Crippen molar-refractivity contribution in [2.75, 3.05) is 4.90 Å². The Morgan fingerprint density at radius 1 is 1.00 bits per heavy atom. The molecule has 0 saturated heterocycles. The maximum Gasteiger partial charge on any atom is 0.0566 e. The van der Waals surface area contributed by atoms with E-state index in [2.05, 4.69) is 60.4 Å². The Kier molecular flexibility index (Phi) is 3.00. The lowest BCUT2D eigenvalue weighted by atomic mass is 9.93. The lowest BCUT2D eigenvalue weighted by Crippen LogP contribution is -2.39. The minimum atomic E-state index is 0.174. The maximum absolute atomic E-state index is 6.38. The molecule has 0 aromatic heterocycles. The largest absolute Gasteiger partial charge is 0.361 e. The third kappa shape index (κ3) is 1.97. The molecule has 0 spiro atoms. The Bertz CT molecular complexity index is 664. The highest BCUT2D eigenvalue weighted by Crippen LogP contribution is 2.46. The lowest BCUT2D eigenvalue weighted by Gasteiger charge is -2.42. The quantitative estimate of drug-likeness (QED) is 0.855. The first-order chi connectivity index (χ1) is 10.3. The Morgan fingerprint density at radius 2 is 1.71 bits per heavy atom. The van der Waals surface area contributed by atoms with Gasteiger partial charge in [-0.3, -0.25) is 0 Å². The Morgan fingerprint density at radius 3 is 2.57 bits per heavy atom. The van der Waals surface area contributed by atoms with Gasteiger partial charge < -0.3 is 10.6 Å². The van der Waals surface area contributed by atoms with E-state index in [0.717, 1.165) is 6.42 Å². The highest BCUT2D eigenvalue weighted by Gasteiger charge is 2.36. The smallest absolute Gasteiger partial charge is 0.0566 e. The summed E-state index contributed by atoms with van der Waals surface area (Å²) in [6.45, 7) is 2.35. The molecule has 0 radical (unpaired) electrons. The van der Waals surface area contributed by atoms with Crippen molar-refractivity contribution in [3.8, 4) is 0 Å². The fraction of sp³-hybridized carbons (Fsp3) is 0.368. The van der Waals surface area contributed by atoms with Crippen LogP contribution in [0.4, 0.5) is 5.69 Å². The molecule has 2 aromatic rings. The molecule has 4 rings (SSSR count). The van der Waals surface area contributed by atoms with Crippen molar-refractivity contribution in [3.63, 3.8) is 0 Å². The van der Waals surface area contributed by atoms with E-state index >= 15 is 0 Å². The van der Waals surface area contributed by atoms with E-state index in [0.29, 0.717) is 12.1 Å². The van der Waals surface area contributed by atoms with Gasteiger partial charge in [-0.15, -0.1) is 0 Å². The first-order valence-electron chi connectivity index (χ1n) is 7.96. The highest BCUT2D eigenvalue weighted by molar-refractivity contribution is 5.59. The van der Waals surface area contributed by atoms with Crippen molar-refractivity contribution in [1.29, 1.82) is 0 Å². The van der Waals surface area contributed by atoms with Gasteiger partial charge in [-0.05, 0) is 48.9 Å². The van der Waals surface area contributed by atoms with E-state index in [4.69, 9.17) is 5.73 Å². The van der Waals surface area contributed by atoms with Crippen molar-refractivity contribution >= 4 is 5.69 Å². The van der Waals surface area contributed by atoms with Crippen LogP contribution in [-0.2, 0) is 6.42 Å². The second kappa shape index (κ2) is 4.88. The Balaban J connectivity index is 1.81. The van der Waals surface area contributed by atoms with Gasteiger partial charge >= 0.3 is 0 Å². The molecule has 1 aliphatic carbocycles. The Labute approximate surface area is 126 Å². The minimum absolute atomic E-state index is 0.174. The van der Waals surface area contributed by atoms with Gasteiger partial charge in [0.25, 0.3) is 0 Å². The van der Waals surface area contributed by atoms with Crippen LogP contribution < -0.4 is 10.6 Å². The zero-order valence-corrected chi connectivity index (χ0v) is 12.5. The molecule has 21 heavy (non-hydrogen) atoms. The number of para-hydroxylation sites is 1. The molecule has 0 saturated carbocycles.